The van der Waals surface area contributed by atoms with Gasteiger partial charge in [-0.1, -0.05) is 158 Å². The summed E-state index contributed by atoms with van der Waals surface area (Å²) in [6.45, 7) is 7.22. The van der Waals surface area contributed by atoms with Crippen molar-refractivity contribution >= 4 is 56.9 Å². The van der Waals surface area contributed by atoms with Gasteiger partial charge in [-0.05, 0) is 70.8 Å². The second-order valence-electron chi connectivity index (χ2n) is 15.3. The molecule has 0 bridgehead atoms. The Morgan fingerprint density at radius 3 is 1.46 bits per heavy atom. The van der Waals surface area contributed by atoms with Gasteiger partial charge in [0.1, 0.15) is 5.82 Å². The minimum atomic E-state index is -1.42. The summed E-state index contributed by atoms with van der Waals surface area (Å²) in [6.07, 6.45) is 0. The molecule has 3 nitrogen and oxygen atoms in total. The van der Waals surface area contributed by atoms with Crippen LogP contribution in [0.4, 0.5) is 0 Å². The number of para-hydroxylation sites is 2. The van der Waals surface area contributed by atoms with Gasteiger partial charge in [0.2, 0.25) is 0 Å². The van der Waals surface area contributed by atoms with Crippen molar-refractivity contribution in [1.29, 1.82) is 0 Å². The number of hydrogen-bond acceptors (Lipinski definition) is 1. The van der Waals surface area contributed by atoms with Crippen molar-refractivity contribution in [3.63, 3.8) is 0 Å². The van der Waals surface area contributed by atoms with E-state index in [1.165, 1.54) is 60.1 Å². The third-order valence-corrected chi connectivity index (χ3v) is 13.0. The van der Waals surface area contributed by atoms with E-state index in [0.717, 1.165) is 33.7 Å². The molecule has 10 rings (SSSR count). The Hall–Kier alpha value is -6.49. The van der Waals surface area contributed by atoms with Gasteiger partial charge < -0.3 is 4.57 Å². The molecule has 7 aromatic carbocycles. The van der Waals surface area contributed by atoms with Crippen LogP contribution in [0.15, 0.2) is 182 Å². The molecule has 54 heavy (non-hydrogen) atoms. The first-order valence-electron chi connectivity index (χ1n) is 18.7. The van der Waals surface area contributed by atoms with Gasteiger partial charge in [0.05, 0.1) is 35.8 Å². The molecule has 0 saturated carbocycles. The molecule has 10 aromatic rings. The van der Waals surface area contributed by atoms with Crippen LogP contribution in [0, 0.1) is 0 Å². The first-order valence-corrected chi connectivity index (χ1v) is 22.2. The molecule has 3 aromatic heterocycles. The first kappa shape index (κ1) is 32.2. The topological polar surface area (TPSA) is 22.8 Å². The molecule has 258 valence electrons. The highest BCUT2D eigenvalue weighted by atomic mass is 28.3. The molecule has 0 atom stereocenters. The van der Waals surface area contributed by atoms with Crippen molar-refractivity contribution in [2.75, 3.05) is 0 Å². The Balaban J connectivity index is 1.19. The average molecular weight is 710 g/mol. The van der Waals surface area contributed by atoms with Crippen LogP contribution in [0.5, 0.6) is 0 Å². The molecular weight excluding hydrogens is 671 g/mol. The SMILES string of the molecule is C[Si](C)(C)c1ccc(-n2c3ccccc3c3ccc(-c4ccc5c6ccccc6n(-c6cc(-c7ccccc7)cc(-c7ccccc7)n6)c5c4)cc32)cc1. The van der Waals surface area contributed by atoms with Crippen molar-refractivity contribution in [3.05, 3.63) is 182 Å². The number of hydrogen-bond donors (Lipinski definition) is 0. The first-order chi connectivity index (χ1) is 26.4. The number of rotatable bonds is 6. The fourth-order valence-corrected chi connectivity index (χ4v) is 9.29. The minimum absolute atomic E-state index is 0.899. The zero-order chi connectivity index (χ0) is 36.4. The van der Waals surface area contributed by atoms with Gasteiger partial charge in [0.25, 0.3) is 0 Å². The van der Waals surface area contributed by atoms with E-state index in [1.807, 2.05) is 0 Å². The predicted octanol–water partition coefficient (Wildman–Crippen LogP) is 12.8. The average Bonchev–Trinajstić information content (AvgIpc) is 3.73. The lowest BCUT2D eigenvalue weighted by Crippen LogP contribution is -2.37. The van der Waals surface area contributed by atoms with E-state index in [9.17, 15) is 0 Å². The van der Waals surface area contributed by atoms with Crippen LogP contribution < -0.4 is 5.19 Å². The van der Waals surface area contributed by atoms with Crippen LogP contribution in [0.1, 0.15) is 0 Å². The summed E-state index contributed by atoms with van der Waals surface area (Å²) >= 11 is 0. The molecule has 0 aliphatic rings. The molecule has 0 saturated heterocycles. The maximum atomic E-state index is 5.37. The smallest absolute Gasteiger partial charge is 0.138 e. The zero-order valence-corrected chi connectivity index (χ0v) is 31.7. The van der Waals surface area contributed by atoms with E-state index < -0.39 is 8.07 Å². The van der Waals surface area contributed by atoms with Crippen molar-refractivity contribution in [2.24, 2.45) is 0 Å². The van der Waals surface area contributed by atoms with Gasteiger partial charge >= 0.3 is 0 Å². The zero-order valence-electron chi connectivity index (χ0n) is 30.7. The lowest BCUT2D eigenvalue weighted by atomic mass is 10.0. The van der Waals surface area contributed by atoms with E-state index in [4.69, 9.17) is 4.98 Å². The molecule has 4 heteroatoms. The molecule has 0 N–H and O–H groups in total. The van der Waals surface area contributed by atoms with Crippen LogP contribution in [0.25, 0.3) is 88.6 Å². The number of pyridine rings is 1. The molecule has 0 fully saturated rings. The summed E-state index contributed by atoms with van der Waals surface area (Å²) in [4.78, 5) is 5.37. The molecule has 0 unspecified atom stereocenters. The lowest BCUT2D eigenvalue weighted by molar-refractivity contribution is 1.08. The molecule has 0 aliphatic carbocycles. The van der Waals surface area contributed by atoms with Gasteiger partial charge in [0, 0.05) is 32.8 Å². The summed E-state index contributed by atoms with van der Waals surface area (Å²) in [5, 5.41) is 6.41. The van der Waals surface area contributed by atoms with Crippen molar-refractivity contribution in [3.8, 4) is 45.0 Å². The molecule has 0 spiro atoms. The summed E-state index contributed by atoms with van der Waals surface area (Å²) < 4.78 is 4.78. The maximum absolute atomic E-state index is 5.37. The normalized spacial score (nSPS) is 12.0. The van der Waals surface area contributed by atoms with Crippen molar-refractivity contribution in [1.82, 2.24) is 14.1 Å². The monoisotopic (exact) mass is 709 g/mol. The Labute approximate surface area is 316 Å². The second-order valence-corrected chi connectivity index (χ2v) is 20.4. The van der Waals surface area contributed by atoms with Crippen LogP contribution in [0.2, 0.25) is 19.6 Å². The van der Waals surface area contributed by atoms with Crippen molar-refractivity contribution < 1.29 is 0 Å². The molecular formula is C50H39N3Si. The van der Waals surface area contributed by atoms with Gasteiger partial charge in [-0.2, -0.15) is 0 Å². The predicted molar refractivity (Wildman–Crippen MR) is 232 cm³/mol. The fourth-order valence-electron chi connectivity index (χ4n) is 8.12. The van der Waals surface area contributed by atoms with E-state index >= 15 is 0 Å². The van der Waals surface area contributed by atoms with Crippen molar-refractivity contribution in [2.45, 2.75) is 19.6 Å². The number of nitrogens with zero attached hydrogens (tertiary/aromatic N) is 3. The quantitative estimate of drug-likeness (QED) is 0.158. The minimum Gasteiger partial charge on any atom is -0.309 e. The molecule has 0 aliphatic heterocycles. The van der Waals surface area contributed by atoms with E-state index in [1.54, 1.807) is 0 Å². The van der Waals surface area contributed by atoms with E-state index in [-0.39, 0.29) is 0 Å². The van der Waals surface area contributed by atoms with Crippen LogP contribution >= 0.6 is 0 Å². The Morgan fingerprint density at radius 1 is 0.370 bits per heavy atom. The summed E-state index contributed by atoms with van der Waals surface area (Å²) in [6, 6.07) is 66.2. The van der Waals surface area contributed by atoms with E-state index in [2.05, 4.69) is 211 Å². The number of fused-ring (bicyclic) bond motifs is 6. The highest BCUT2D eigenvalue weighted by Gasteiger charge is 2.19. The van der Waals surface area contributed by atoms with Gasteiger partial charge in [-0.15, -0.1) is 0 Å². The standard InChI is InChI=1S/C50H39N3Si/c1-54(2,3)40-26-24-39(25-27-40)52-46-20-12-10-18-41(46)43-28-22-36(31-48(43)52)37-23-29-44-42-19-11-13-21-47(42)53(49(44)32-37)50-33-38(34-14-6-4-7-15-34)30-45(51-50)35-16-8-5-9-17-35/h4-33H,1-3H3. The van der Waals surface area contributed by atoms with Gasteiger partial charge in [-0.25, -0.2) is 4.98 Å². The Morgan fingerprint density at radius 2 is 0.870 bits per heavy atom. The summed E-state index contributed by atoms with van der Waals surface area (Å²) in [7, 11) is -1.42. The Bertz CT molecular complexity index is 2950. The fraction of sp³-hybridized carbons (Fsp3) is 0.0600. The van der Waals surface area contributed by atoms with Crippen LogP contribution in [0.3, 0.4) is 0 Å². The molecule has 0 radical (unpaired) electrons. The molecule has 3 heterocycles. The highest BCUT2D eigenvalue weighted by Crippen LogP contribution is 2.39. The second kappa shape index (κ2) is 12.6. The van der Waals surface area contributed by atoms with Crippen LogP contribution in [-0.4, -0.2) is 22.2 Å². The summed E-state index contributed by atoms with van der Waals surface area (Å²) in [5.41, 5.74) is 12.6. The van der Waals surface area contributed by atoms with E-state index in [0.29, 0.717) is 0 Å². The third kappa shape index (κ3) is 5.37. The third-order valence-electron chi connectivity index (χ3n) is 10.9. The lowest BCUT2D eigenvalue weighted by Gasteiger charge is -2.17. The van der Waals surface area contributed by atoms with Gasteiger partial charge in [-0.3, -0.25) is 4.57 Å². The molecule has 0 amide bonds. The van der Waals surface area contributed by atoms with Crippen LogP contribution in [-0.2, 0) is 0 Å². The maximum Gasteiger partial charge on any atom is 0.138 e. The number of benzene rings is 7. The Kier molecular flexibility index (Phi) is 7.50. The highest BCUT2D eigenvalue weighted by molar-refractivity contribution is 6.88. The summed E-state index contributed by atoms with van der Waals surface area (Å²) in [5.74, 6) is 0.899. The number of aromatic nitrogens is 3. The largest absolute Gasteiger partial charge is 0.309 e. The van der Waals surface area contributed by atoms with Gasteiger partial charge in [0.15, 0.2) is 0 Å².